The van der Waals surface area contributed by atoms with Gasteiger partial charge in [0.25, 0.3) is 11.8 Å². The minimum atomic E-state index is -0.242. The highest BCUT2D eigenvalue weighted by atomic mass is 35.5. The van der Waals surface area contributed by atoms with Gasteiger partial charge >= 0.3 is 0 Å². The molecule has 9 heteroatoms. The SMILES string of the molecule is O=C(NCCN1CCN(c2cccc(Cl)c2)CC1)c1ccc(C=C2Oc3ccccc3N(Cc3ccc(Cl)cc3)C2=O)cc1. The number of carbonyl (C=O) groups is 2. The van der Waals surface area contributed by atoms with Crippen molar-refractivity contribution in [1.82, 2.24) is 10.2 Å². The summed E-state index contributed by atoms with van der Waals surface area (Å²) in [4.78, 5) is 32.7. The van der Waals surface area contributed by atoms with Crippen molar-refractivity contribution in [2.75, 3.05) is 49.1 Å². The van der Waals surface area contributed by atoms with Crippen LogP contribution >= 0.6 is 23.2 Å². The molecule has 1 fully saturated rings. The summed E-state index contributed by atoms with van der Waals surface area (Å²) in [5.41, 5.74) is 4.12. The molecule has 0 spiro atoms. The highest BCUT2D eigenvalue weighted by Crippen LogP contribution is 2.36. The molecule has 2 aliphatic rings. The molecule has 4 aromatic rings. The van der Waals surface area contributed by atoms with Crippen LogP contribution in [0.2, 0.25) is 10.0 Å². The average molecular weight is 628 g/mol. The van der Waals surface area contributed by atoms with E-state index in [2.05, 4.69) is 21.2 Å². The summed E-state index contributed by atoms with van der Waals surface area (Å²) in [5, 5.41) is 4.42. The van der Waals surface area contributed by atoms with Crippen LogP contribution in [0.4, 0.5) is 11.4 Å². The van der Waals surface area contributed by atoms with E-state index in [4.69, 9.17) is 27.9 Å². The second-order valence-electron chi connectivity index (χ2n) is 10.8. The molecule has 7 nitrogen and oxygen atoms in total. The fourth-order valence-corrected chi connectivity index (χ4v) is 5.72. The Kier molecular flexibility index (Phi) is 9.17. The molecule has 0 unspecified atom stereocenters. The molecule has 44 heavy (non-hydrogen) atoms. The Bertz CT molecular complexity index is 1670. The van der Waals surface area contributed by atoms with Crippen molar-refractivity contribution in [1.29, 1.82) is 0 Å². The molecule has 2 amide bonds. The number of piperazine rings is 1. The number of rotatable bonds is 8. The molecular formula is C35H32Cl2N4O3. The minimum absolute atomic E-state index is 0.130. The van der Waals surface area contributed by atoms with Crippen LogP contribution in [0, 0.1) is 0 Å². The molecule has 0 aromatic heterocycles. The Morgan fingerprint density at radius 2 is 1.59 bits per heavy atom. The summed E-state index contributed by atoms with van der Waals surface area (Å²) >= 11 is 12.2. The lowest BCUT2D eigenvalue weighted by Gasteiger charge is -2.36. The van der Waals surface area contributed by atoms with E-state index in [1.54, 1.807) is 23.1 Å². The van der Waals surface area contributed by atoms with Crippen molar-refractivity contribution in [3.05, 3.63) is 130 Å². The van der Waals surface area contributed by atoms with Gasteiger partial charge in [-0.05, 0) is 71.8 Å². The monoisotopic (exact) mass is 626 g/mol. The van der Waals surface area contributed by atoms with Crippen molar-refractivity contribution in [2.45, 2.75) is 6.54 Å². The molecule has 0 aliphatic carbocycles. The molecule has 2 aliphatic heterocycles. The normalized spacial score (nSPS) is 16.0. The molecule has 0 radical (unpaired) electrons. The van der Waals surface area contributed by atoms with Crippen molar-refractivity contribution in [2.24, 2.45) is 0 Å². The quantitative estimate of drug-likeness (QED) is 0.226. The van der Waals surface area contributed by atoms with Crippen LogP contribution in [0.5, 0.6) is 5.75 Å². The maximum absolute atomic E-state index is 13.5. The molecular weight excluding hydrogens is 595 g/mol. The molecule has 0 atom stereocenters. The van der Waals surface area contributed by atoms with Crippen molar-refractivity contribution in [3.63, 3.8) is 0 Å². The number of benzene rings is 4. The molecule has 1 saturated heterocycles. The number of hydrogen-bond acceptors (Lipinski definition) is 5. The summed E-state index contributed by atoms with van der Waals surface area (Å²) < 4.78 is 6.02. The lowest BCUT2D eigenvalue weighted by Crippen LogP contribution is -2.48. The summed E-state index contributed by atoms with van der Waals surface area (Å²) in [5.74, 6) is 0.447. The lowest BCUT2D eigenvalue weighted by molar-refractivity contribution is -0.117. The van der Waals surface area contributed by atoms with Gasteiger partial charge < -0.3 is 15.0 Å². The van der Waals surface area contributed by atoms with E-state index in [1.807, 2.05) is 78.9 Å². The smallest absolute Gasteiger partial charge is 0.294 e. The largest absolute Gasteiger partial charge is 0.449 e. The number of anilines is 2. The van der Waals surface area contributed by atoms with Gasteiger partial charge in [-0.3, -0.25) is 19.4 Å². The zero-order valence-corrected chi connectivity index (χ0v) is 25.6. The number of carbonyl (C=O) groups excluding carboxylic acids is 2. The molecule has 6 rings (SSSR count). The van der Waals surface area contributed by atoms with Crippen molar-refractivity contribution in [3.8, 4) is 5.75 Å². The van der Waals surface area contributed by atoms with E-state index >= 15 is 0 Å². The summed E-state index contributed by atoms with van der Waals surface area (Å²) in [6, 6.07) is 30.0. The van der Waals surface area contributed by atoms with E-state index in [0.717, 1.165) is 54.6 Å². The molecule has 0 bridgehead atoms. The Labute approximate surface area is 267 Å². The fourth-order valence-electron chi connectivity index (χ4n) is 5.41. The van der Waals surface area contributed by atoms with Gasteiger partial charge in [0.05, 0.1) is 12.2 Å². The van der Waals surface area contributed by atoms with Crippen LogP contribution in [-0.4, -0.2) is 56.0 Å². The van der Waals surface area contributed by atoms with Crippen molar-refractivity contribution >= 4 is 52.5 Å². The summed E-state index contributed by atoms with van der Waals surface area (Å²) in [6.45, 7) is 5.41. The predicted molar refractivity (Wildman–Crippen MR) is 177 cm³/mol. The first kappa shape index (κ1) is 29.8. The third kappa shape index (κ3) is 7.08. The van der Waals surface area contributed by atoms with E-state index in [9.17, 15) is 9.59 Å². The predicted octanol–water partition coefficient (Wildman–Crippen LogP) is 6.51. The molecule has 0 saturated carbocycles. The zero-order valence-electron chi connectivity index (χ0n) is 24.1. The number of hydrogen-bond donors (Lipinski definition) is 1. The van der Waals surface area contributed by atoms with Crippen LogP contribution in [0.3, 0.4) is 0 Å². The number of fused-ring (bicyclic) bond motifs is 1. The van der Waals surface area contributed by atoms with Gasteiger partial charge in [-0.2, -0.15) is 0 Å². The number of nitrogens with one attached hydrogen (secondary N) is 1. The van der Waals surface area contributed by atoms with Crippen LogP contribution < -0.4 is 19.9 Å². The third-order valence-electron chi connectivity index (χ3n) is 7.82. The maximum Gasteiger partial charge on any atom is 0.294 e. The topological polar surface area (TPSA) is 65.1 Å². The third-order valence-corrected chi connectivity index (χ3v) is 8.30. The van der Waals surface area contributed by atoms with E-state index < -0.39 is 0 Å². The van der Waals surface area contributed by atoms with E-state index in [-0.39, 0.29) is 17.6 Å². The standard InChI is InChI=1S/C35H32Cl2N4O3/c36-28-14-10-26(11-15-28)24-41-31-6-1-2-7-32(31)44-33(35(41)43)22-25-8-12-27(13-9-25)34(42)38-16-17-39-18-20-40(21-19-39)30-5-3-4-29(37)23-30/h1-15,22-23H,16-21,24H2,(H,38,42). The van der Waals surface area contributed by atoms with Crippen LogP contribution in [0.1, 0.15) is 21.5 Å². The number of amides is 2. The van der Waals surface area contributed by atoms with Crippen LogP contribution in [0.15, 0.2) is 103 Å². The van der Waals surface area contributed by atoms with Crippen LogP contribution in [-0.2, 0) is 11.3 Å². The first-order chi connectivity index (χ1) is 21.4. The number of ether oxygens (including phenoxy) is 1. The van der Waals surface area contributed by atoms with E-state index in [0.29, 0.717) is 35.1 Å². The number of nitrogens with zero attached hydrogens (tertiary/aromatic N) is 3. The first-order valence-corrected chi connectivity index (χ1v) is 15.3. The summed E-state index contributed by atoms with van der Waals surface area (Å²) in [6.07, 6.45) is 1.71. The second-order valence-corrected chi connectivity index (χ2v) is 11.7. The maximum atomic E-state index is 13.5. The summed E-state index contributed by atoms with van der Waals surface area (Å²) in [7, 11) is 0. The number of halogens is 2. The van der Waals surface area contributed by atoms with Crippen molar-refractivity contribution < 1.29 is 14.3 Å². The highest BCUT2D eigenvalue weighted by Gasteiger charge is 2.30. The Balaban J connectivity index is 1.04. The molecule has 1 N–H and O–H groups in total. The van der Waals surface area contributed by atoms with Gasteiger partial charge in [0.2, 0.25) is 0 Å². The van der Waals surface area contributed by atoms with Gasteiger partial charge in [0.15, 0.2) is 11.5 Å². The fraction of sp³-hybridized carbons (Fsp3) is 0.200. The molecule has 4 aromatic carbocycles. The number of para-hydroxylation sites is 2. The van der Waals surface area contributed by atoms with Gasteiger partial charge in [-0.25, -0.2) is 0 Å². The minimum Gasteiger partial charge on any atom is -0.449 e. The van der Waals surface area contributed by atoms with Crippen LogP contribution in [0.25, 0.3) is 6.08 Å². The van der Waals surface area contributed by atoms with Gasteiger partial charge in [-0.15, -0.1) is 0 Å². The Morgan fingerprint density at radius 3 is 2.34 bits per heavy atom. The zero-order chi connectivity index (χ0) is 30.5. The van der Waals surface area contributed by atoms with Gasteiger partial charge in [-0.1, -0.05) is 65.7 Å². The molecule has 224 valence electrons. The second kappa shape index (κ2) is 13.6. The average Bonchev–Trinajstić information content (AvgIpc) is 3.04. The Morgan fingerprint density at radius 1 is 0.841 bits per heavy atom. The lowest BCUT2D eigenvalue weighted by atomic mass is 10.1. The first-order valence-electron chi connectivity index (χ1n) is 14.6. The Hall–Kier alpha value is -4.30. The highest BCUT2D eigenvalue weighted by molar-refractivity contribution is 6.31. The van der Waals surface area contributed by atoms with Gasteiger partial charge in [0, 0.05) is 60.6 Å². The van der Waals surface area contributed by atoms with E-state index in [1.165, 1.54) is 0 Å². The van der Waals surface area contributed by atoms with Gasteiger partial charge in [0.1, 0.15) is 0 Å². The molecule has 2 heterocycles.